The molecule has 1 aromatic rings. The van der Waals surface area contributed by atoms with Crippen LogP contribution in [0.5, 0.6) is 5.75 Å². The van der Waals surface area contributed by atoms with Crippen molar-refractivity contribution in [2.24, 2.45) is 0 Å². The van der Waals surface area contributed by atoms with Crippen LogP contribution in [-0.4, -0.2) is 6.61 Å². The molecule has 4 heteroatoms. The van der Waals surface area contributed by atoms with Gasteiger partial charge in [0.15, 0.2) is 0 Å². The molecule has 0 atom stereocenters. The number of hydrogen-bond acceptors (Lipinski definition) is 2. The van der Waals surface area contributed by atoms with Crippen molar-refractivity contribution in [1.82, 2.24) is 0 Å². The van der Waals surface area contributed by atoms with Gasteiger partial charge in [-0.25, -0.2) is 0 Å². The lowest BCUT2D eigenvalue weighted by Gasteiger charge is -2.07. The van der Waals surface area contributed by atoms with E-state index in [1.165, 1.54) is 0 Å². The van der Waals surface area contributed by atoms with Gasteiger partial charge in [-0.15, -0.1) is 0 Å². The number of ether oxygens (including phenoxy) is 1. The lowest BCUT2D eigenvalue weighted by atomic mass is 10.3. The molecule has 0 aliphatic rings. The van der Waals surface area contributed by atoms with E-state index in [4.69, 9.17) is 33.7 Å². The SMILES string of the molecule is C=CCOc1cc(N)c(Cl)cc1Cl. The Morgan fingerprint density at radius 3 is 2.69 bits per heavy atom. The second kappa shape index (κ2) is 4.40. The van der Waals surface area contributed by atoms with Gasteiger partial charge in [0.1, 0.15) is 12.4 Å². The molecule has 1 rings (SSSR count). The van der Waals surface area contributed by atoms with Gasteiger partial charge in [-0.3, -0.25) is 0 Å². The first-order valence-electron chi connectivity index (χ1n) is 3.63. The van der Waals surface area contributed by atoms with Crippen molar-refractivity contribution in [2.75, 3.05) is 12.3 Å². The summed E-state index contributed by atoms with van der Waals surface area (Å²) in [7, 11) is 0. The fourth-order valence-electron chi connectivity index (χ4n) is 0.804. The third kappa shape index (κ3) is 2.54. The Hall–Kier alpha value is -0.860. The van der Waals surface area contributed by atoms with E-state index in [-0.39, 0.29) is 0 Å². The largest absolute Gasteiger partial charge is 0.488 e. The number of benzene rings is 1. The predicted octanol–water partition coefficient (Wildman–Crippen LogP) is 3.14. The van der Waals surface area contributed by atoms with Crippen LogP contribution >= 0.6 is 23.2 Å². The maximum atomic E-state index is 5.84. The Morgan fingerprint density at radius 2 is 2.08 bits per heavy atom. The summed E-state index contributed by atoms with van der Waals surface area (Å²) in [5, 5.41) is 0.872. The first kappa shape index (κ1) is 10.2. The molecule has 0 radical (unpaired) electrons. The fraction of sp³-hybridized carbons (Fsp3) is 0.111. The zero-order valence-corrected chi connectivity index (χ0v) is 8.40. The number of nitrogens with two attached hydrogens (primary N) is 1. The highest BCUT2D eigenvalue weighted by molar-refractivity contribution is 6.37. The van der Waals surface area contributed by atoms with Crippen LogP contribution in [0.3, 0.4) is 0 Å². The topological polar surface area (TPSA) is 35.2 Å². The summed E-state index contributed by atoms with van der Waals surface area (Å²) in [6, 6.07) is 3.14. The maximum Gasteiger partial charge on any atom is 0.140 e. The normalized spacial score (nSPS) is 9.69. The third-order valence-electron chi connectivity index (χ3n) is 1.41. The average Bonchev–Trinajstić information content (AvgIpc) is 2.09. The highest BCUT2D eigenvalue weighted by Gasteiger charge is 2.05. The summed E-state index contributed by atoms with van der Waals surface area (Å²) >= 11 is 11.6. The molecule has 0 saturated heterocycles. The summed E-state index contributed by atoms with van der Waals surface area (Å²) in [4.78, 5) is 0. The molecule has 0 aromatic heterocycles. The molecule has 0 spiro atoms. The van der Waals surface area contributed by atoms with E-state index in [0.717, 1.165) is 0 Å². The fourth-order valence-corrected chi connectivity index (χ4v) is 1.24. The highest BCUT2D eigenvalue weighted by Crippen LogP contribution is 2.32. The molecule has 0 heterocycles. The van der Waals surface area contributed by atoms with E-state index in [9.17, 15) is 0 Å². The third-order valence-corrected chi connectivity index (χ3v) is 2.03. The van der Waals surface area contributed by atoms with E-state index in [0.29, 0.717) is 28.1 Å². The molecule has 0 unspecified atom stereocenters. The molecule has 0 aliphatic heterocycles. The van der Waals surface area contributed by atoms with Crippen molar-refractivity contribution < 1.29 is 4.74 Å². The van der Waals surface area contributed by atoms with E-state index >= 15 is 0 Å². The maximum absolute atomic E-state index is 5.84. The summed E-state index contributed by atoms with van der Waals surface area (Å²) < 4.78 is 5.23. The van der Waals surface area contributed by atoms with E-state index in [1.807, 2.05) is 0 Å². The zero-order chi connectivity index (χ0) is 9.84. The van der Waals surface area contributed by atoms with Gasteiger partial charge in [0.05, 0.1) is 15.7 Å². The number of rotatable bonds is 3. The van der Waals surface area contributed by atoms with Gasteiger partial charge in [0.25, 0.3) is 0 Å². The van der Waals surface area contributed by atoms with Crippen molar-refractivity contribution in [3.63, 3.8) is 0 Å². The van der Waals surface area contributed by atoms with Crippen molar-refractivity contribution in [3.05, 3.63) is 34.8 Å². The number of halogens is 2. The van der Waals surface area contributed by atoms with Crippen LogP contribution in [-0.2, 0) is 0 Å². The van der Waals surface area contributed by atoms with Crippen LogP contribution in [0, 0.1) is 0 Å². The smallest absolute Gasteiger partial charge is 0.140 e. The molecule has 2 N–H and O–H groups in total. The van der Waals surface area contributed by atoms with Crippen molar-refractivity contribution in [1.29, 1.82) is 0 Å². The van der Waals surface area contributed by atoms with E-state index < -0.39 is 0 Å². The molecule has 0 bridgehead atoms. The van der Waals surface area contributed by atoms with Crippen LogP contribution in [0.2, 0.25) is 10.0 Å². The van der Waals surface area contributed by atoms with Gasteiger partial charge in [0, 0.05) is 6.07 Å². The Labute approximate surface area is 86.9 Å². The van der Waals surface area contributed by atoms with Crippen LogP contribution in [0.25, 0.3) is 0 Å². The molecule has 0 saturated carbocycles. The Balaban J connectivity index is 2.94. The van der Waals surface area contributed by atoms with Gasteiger partial charge in [-0.1, -0.05) is 35.9 Å². The van der Waals surface area contributed by atoms with Crippen molar-refractivity contribution >= 4 is 28.9 Å². The summed E-state index contributed by atoms with van der Waals surface area (Å²) in [6.45, 7) is 3.91. The average molecular weight is 218 g/mol. The summed E-state index contributed by atoms with van der Waals surface area (Å²) in [5.41, 5.74) is 6.01. The van der Waals surface area contributed by atoms with Crippen LogP contribution < -0.4 is 10.5 Å². The molecule has 70 valence electrons. The lowest BCUT2D eigenvalue weighted by Crippen LogP contribution is -1.95. The molecular formula is C9H9Cl2NO. The highest BCUT2D eigenvalue weighted by atomic mass is 35.5. The van der Waals surface area contributed by atoms with Crippen molar-refractivity contribution in [2.45, 2.75) is 0 Å². The van der Waals surface area contributed by atoms with Gasteiger partial charge in [-0.05, 0) is 6.07 Å². The molecular weight excluding hydrogens is 209 g/mol. The molecule has 0 amide bonds. The monoisotopic (exact) mass is 217 g/mol. The quantitative estimate of drug-likeness (QED) is 0.624. The second-order valence-corrected chi connectivity index (χ2v) is 3.22. The first-order valence-corrected chi connectivity index (χ1v) is 4.39. The van der Waals surface area contributed by atoms with Crippen LogP contribution in [0.4, 0.5) is 5.69 Å². The Bertz CT molecular complexity index is 326. The zero-order valence-electron chi connectivity index (χ0n) is 6.89. The summed E-state index contributed by atoms with van der Waals surface area (Å²) in [5.74, 6) is 0.517. The van der Waals surface area contributed by atoms with Crippen LogP contribution in [0.15, 0.2) is 24.8 Å². The molecule has 2 nitrogen and oxygen atoms in total. The molecule has 0 aliphatic carbocycles. The number of anilines is 1. The number of nitrogen functional groups attached to an aromatic ring is 1. The molecule has 0 fully saturated rings. The standard InChI is InChI=1S/C9H9Cl2NO/c1-2-3-13-9-5-8(12)6(10)4-7(9)11/h2,4-5H,1,3,12H2. The first-order chi connectivity index (χ1) is 6.15. The van der Waals surface area contributed by atoms with Crippen LogP contribution in [0.1, 0.15) is 0 Å². The minimum absolute atomic E-state index is 0.390. The molecule has 1 aromatic carbocycles. The van der Waals surface area contributed by atoms with Gasteiger partial charge < -0.3 is 10.5 Å². The molecule has 13 heavy (non-hydrogen) atoms. The summed E-state index contributed by atoms with van der Waals surface area (Å²) in [6.07, 6.45) is 1.63. The van der Waals surface area contributed by atoms with Gasteiger partial charge in [0.2, 0.25) is 0 Å². The van der Waals surface area contributed by atoms with E-state index in [1.54, 1.807) is 18.2 Å². The Morgan fingerprint density at radius 1 is 1.38 bits per heavy atom. The van der Waals surface area contributed by atoms with Gasteiger partial charge >= 0.3 is 0 Å². The van der Waals surface area contributed by atoms with Crippen molar-refractivity contribution in [3.8, 4) is 5.75 Å². The van der Waals surface area contributed by atoms with E-state index in [2.05, 4.69) is 6.58 Å². The minimum atomic E-state index is 0.390. The van der Waals surface area contributed by atoms with Gasteiger partial charge in [-0.2, -0.15) is 0 Å². The second-order valence-electron chi connectivity index (χ2n) is 2.40. The Kier molecular flexibility index (Phi) is 3.46. The lowest BCUT2D eigenvalue weighted by molar-refractivity contribution is 0.363. The predicted molar refractivity (Wildman–Crippen MR) is 56.6 cm³/mol. The number of hydrogen-bond donors (Lipinski definition) is 1. The minimum Gasteiger partial charge on any atom is -0.488 e.